The summed E-state index contributed by atoms with van der Waals surface area (Å²) in [7, 11) is 0. The third kappa shape index (κ3) is 2.73. The molecule has 3 nitrogen and oxygen atoms in total. The zero-order valence-corrected chi connectivity index (χ0v) is 7.36. The molecule has 78 valence electrons. The van der Waals surface area contributed by atoms with Crippen molar-refractivity contribution in [1.29, 1.82) is 0 Å². The second-order valence-electron chi connectivity index (χ2n) is 2.66. The van der Waals surface area contributed by atoms with E-state index in [1.54, 1.807) is 0 Å². The molecule has 0 aromatic heterocycles. The van der Waals surface area contributed by atoms with E-state index in [0.29, 0.717) is 0 Å². The number of carboxylic acid groups (broad SMARTS) is 1. The highest BCUT2D eigenvalue weighted by atomic mass is 35.5. The predicted octanol–water partition coefficient (Wildman–Crippen LogP) is 1.48. The van der Waals surface area contributed by atoms with Gasteiger partial charge < -0.3 is 5.11 Å². The van der Waals surface area contributed by atoms with Gasteiger partial charge in [0.05, 0.1) is 0 Å². The van der Waals surface area contributed by atoms with Gasteiger partial charge in [0.25, 0.3) is 0 Å². The van der Waals surface area contributed by atoms with Gasteiger partial charge in [0.15, 0.2) is 0 Å². The summed E-state index contributed by atoms with van der Waals surface area (Å²) in [6, 6.07) is -1.38. The number of nitrogens with zero attached hydrogens (tertiary/aromatic N) is 1. The molecular formula is C6H9ClF3NO2. The lowest BCUT2D eigenvalue weighted by Crippen LogP contribution is -2.45. The lowest BCUT2D eigenvalue weighted by Gasteiger charge is -2.23. The molecule has 1 rings (SSSR count). The number of carbonyl (C=O) groups is 1. The molecule has 0 saturated carbocycles. The van der Waals surface area contributed by atoms with E-state index in [-0.39, 0.29) is 36.7 Å². The van der Waals surface area contributed by atoms with E-state index in [1.165, 1.54) is 0 Å². The molecule has 0 radical (unpaired) electrons. The van der Waals surface area contributed by atoms with Gasteiger partial charge in [-0.3, -0.25) is 4.79 Å². The number of rotatable bonds is 1. The van der Waals surface area contributed by atoms with Gasteiger partial charge in [-0.05, 0) is 12.8 Å². The first-order chi connectivity index (χ1) is 5.43. The van der Waals surface area contributed by atoms with Crippen molar-refractivity contribution < 1.29 is 23.1 Å². The Labute approximate surface area is 78.9 Å². The normalized spacial score (nSPS) is 24.1. The van der Waals surface area contributed by atoms with E-state index in [1.807, 2.05) is 0 Å². The third-order valence-corrected chi connectivity index (χ3v) is 1.86. The minimum Gasteiger partial charge on any atom is -0.480 e. The van der Waals surface area contributed by atoms with Crippen LogP contribution in [0.1, 0.15) is 12.8 Å². The van der Waals surface area contributed by atoms with Crippen LogP contribution in [-0.4, -0.2) is 34.9 Å². The fraction of sp³-hybridized carbons (Fsp3) is 0.833. The van der Waals surface area contributed by atoms with E-state index < -0.39 is 18.3 Å². The molecule has 13 heavy (non-hydrogen) atoms. The fourth-order valence-electron chi connectivity index (χ4n) is 1.33. The summed E-state index contributed by atoms with van der Waals surface area (Å²) >= 11 is 0. The Morgan fingerprint density at radius 2 is 2.00 bits per heavy atom. The molecule has 0 bridgehead atoms. The van der Waals surface area contributed by atoms with Gasteiger partial charge in [0, 0.05) is 6.54 Å². The van der Waals surface area contributed by atoms with E-state index in [2.05, 4.69) is 0 Å². The monoisotopic (exact) mass is 219 g/mol. The lowest BCUT2D eigenvalue weighted by atomic mass is 10.2. The Bertz CT molecular complexity index is 197. The third-order valence-electron chi connectivity index (χ3n) is 1.86. The maximum atomic E-state index is 12.0. The average Bonchev–Trinajstić information content (AvgIpc) is 2.30. The molecule has 1 aliphatic rings. The molecule has 0 aliphatic carbocycles. The summed E-state index contributed by atoms with van der Waals surface area (Å²) in [6.45, 7) is -0.208. The van der Waals surface area contributed by atoms with E-state index in [4.69, 9.17) is 5.11 Å². The molecule has 1 heterocycles. The van der Waals surface area contributed by atoms with E-state index in [0.717, 1.165) is 0 Å². The van der Waals surface area contributed by atoms with Crippen molar-refractivity contribution in [2.75, 3.05) is 6.54 Å². The van der Waals surface area contributed by atoms with Crippen LogP contribution in [0, 0.1) is 0 Å². The molecular weight excluding hydrogens is 211 g/mol. The second kappa shape index (κ2) is 4.15. The number of likely N-dealkylation sites (tertiary alicyclic amines) is 1. The van der Waals surface area contributed by atoms with Crippen molar-refractivity contribution in [2.45, 2.75) is 25.2 Å². The van der Waals surface area contributed by atoms with Crippen LogP contribution < -0.4 is 0 Å². The number of halogens is 4. The molecule has 1 N–H and O–H groups in total. The number of hydrogen-bond acceptors (Lipinski definition) is 2. The standard InChI is InChI=1S/C6H8F3NO2.ClH/c7-6(8,9)10-3-1-2-4(10)5(11)12;/h4H,1-3H2,(H,11,12);1H. The van der Waals surface area contributed by atoms with Gasteiger partial charge >= 0.3 is 12.3 Å². The average molecular weight is 220 g/mol. The van der Waals surface area contributed by atoms with Gasteiger partial charge in [0.2, 0.25) is 0 Å². The van der Waals surface area contributed by atoms with Crippen LogP contribution in [-0.2, 0) is 4.79 Å². The molecule has 0 amide bonds. The smallest absolute Gasteiger partial charge is 0.460 e. The maximum absolute atomic E-state index is 12.0. The molecule has 1 fully saturated rings. The summed E-state index contributed by atoms with van der Waals surface area (Å²) in [5.74, 6) is -1.40. The Morgan fingerprint density at radius 1 is 1.46 bits per heavy atom. The molecule has 7 heteroatoms. The van der Waals surface area contributed by atoms with Crippen molar-refractivity contribution in [1.82, 2.24) is 4.90 Å². The highest BCUT2D eigenvalue weighted by molar-refractivity contribution is 5.85. The highest BCUT2D eigenvalue weighted by Crippen LogP contribution is 2.30. The van der Waals surface area contributed by atoms with Gasteiger partial charge in [-0.15, -0.1) is 12.4 Å². The quantitative estimate of drug-likeness (QED) is 0.679. The predicted molar refractivity (Wildman–Crippen MR) is 40.7 cm³/mol. The van der Waals surface area contributed by atoms with Crippen LogP contribution in [0.5, 0.6) is 0 Å². The molecule has 1 aliphatic heterocycles. The minimum atomic E-state index is -4.51. The number of hydrogen-bond donors (Lipinski definition) is 1. The molecule has 0 aromatic rings. The molecule has 0 aromatic carbocycles. The topological polar surface area (TPSA) is 40.5 Å². The van der Waals surface area contributed by atoms with Gasteiger partial charge in [-0.25, -0.2) is 4.90 Å². The molecule has 1 saturated heterocycles. The first-order valence-electron chi connectivity index (χ1n) is 3.49. The van der Waals surface area contributed by atoms with Crippen molar-refractivity contribution >= 4 is 18.4 Å². The SMILES string of the molecule is Cl.O=C(O)C1CCCN1C(F)(F)F. The van der Waals surface area contributed by atoms with Crippen molar-refractivity contribution in [3.63, 3.8) is 0 Å². The van der Waals surface area contributed by atoms with E-state index >= 15 is 0 Å². The highest BCUT2D eigenvalue weighted by Gasteiger charge is 2.47. The Balaban J connectivity index is 0.00000144. The zero-order chi connectivity index (χ0) is 9.35. The van der Waals surface area contributed by atoms with Crippen molar-refractivity contribution in [3.8, 4) is 0 Å². The van der Waals surface area contributed by atoms with Crippen LogP contribution in [0.2, 0.25) is 0 Å². The van der Waals surface area contributed by atoms with Crippen molar-refractivity contribution in [2.24, 2.45) is 0 Å². The summed E-state index contributed by atoms with van der Waals surface area (Å²) in [6.07, 6.45) is -4.15. The lowest BCUT2D eigenvalue weighted by molar-refractivity contribution is -0.250. The van der Waals surface area contributed by atoms with Crippen LogP contribution in [0.25, 0.3) is 0 Å². The Kier molecular flexibility index (Phi) is 3.99. The first kappa shape index (κ1) is 12.5. The van der Waals surface area contributed by atoms with Crippen molar-refractivity contribution in [3.05, 3.63) is 0 Å². The first-order valence-corrected chi connectivity index (χ1v) is 3.49. The minimum absolute atomic E-state index is 0. The summed E-state index contributed by atoms with van der Waals surface area (Å²) in [4.78, 5) is 10.4. The Hall–Kier alpha value is -0.490. The Morgan fingerprint density at radius 3 is 2.31 bits per heavy atom. The summed E-state index contributed by atoms with van der Waals surface area (Å²) in [5, 5.41) is 8.41. The van der Waals surface area contributed by atoms with Crippen LogP contribution >= 0.6 is 12.4 Å². The van der Waals surface area contributed by atoms with Crippen LogP contribution in [0.4, 0.5) is 13.2 Å². The molecule has 1 atom stereocenters. The number of carboxylic acids is 1. The van der Waals surface area contributed by atoms with E-state index in [9.17, 15) is 18.0 Å². The van der Waals surface area contributed by atoms with Crippen LogP contribution in [0.3, 0.4) is 0 Å². The van der Waals surface area contributed by atoms with Crippen LogP contribution in [0.15, 0.2) is 0 Å². The molecule has 1 unspecified atom stereocenters. The largest absolute Gasteiger partial charge is 0.480 e. The second-order valence-corrected chi connectivity index (χ2v) is 2.66. The number of aliphatic carboxylic acids is 1. The van der Waals surface area contributed by atoms with Gasteiger partial charge in [-0.1, -0.05) is 0 Å². The fourth-order valence-corrected chi connectivity index (χ4v) is 1.33. The zero-order valence-electron chi connectivity index (χ0n) is 6.54. The summed E-state index contributed by atoms with van der Waals surface area (Å²) in [5.41, 5.74) is 0. The van der Waals surface area contributed by atoms with Gasteiger partial charge in [0.1, 0.15) is 6.04 Å². The number of alkyl halides is 3. The summed E-state index contributed by atoms with van der Waals surface area (Å²) < 4.78 is 36.1. The van der Waals surface area contributed by atoms with Gasteiger partial charge in [-0.2, -0.15) is 13.2 Å². The maximum Gasteiger partial charge on any atom is 0.460 e. The molecule has 0 spiro atoms.